The zero-order valence-corrected chi connectivity index (χ0v) is 20.0. The number of aromatic carboxylic acids is 1. The van der Waals surface area contributed by atoms with Crippen LogP contribution in [-0.2, 0) is 21.4 Å². The molecule has 0 atom stereocenters. The van der Waals surface area contributed by atoms with E-state index in [-0.39, 0.29) is 16.1 Å². The molecule has 0 bridgehead atoms. The third-order valence-electron chi connectivity index (χ3n) is 4.78. The highest BCUT2D eigenvalue weighted by Crippen LogP contribution is 2.27. The molecule has 0 spiro atoms. The SMILES string of the molecule is Cc1ccccc1S(=O)(=O)Nc1ccc(N(C)Cc2ccccc2)c(C(=O)O)c1.O=C(O)C(F)(F)F. The van der Waals surface area contributed by atoms with Crippen LogP contribution >= 0.6 is 0 Å². The lowest BCUT2D eigenvalue weighted by molar-refractivity contribution is -0.192. The van der Waals surface area contributed by atoms with E-state index in [2.05, 4.69) is 4.72 Å². The van der Waals surface area contributed by atoms with E-state index in [0.29, 0.717) is 17.8 Å². The van der Waals surface area contributed by atoms with Crippen LogP contribution in [0.5, 0.6) is 0 Å². The Morgan fingerprint density at radius 1 is 0.944 bits per heavy atom. The van der Waals surface area contributed by atoms with Crippen LogP contribution in [0.4, 0.5) is 24.5 Å². The van der Waals surface area contributed by atoms with Crippen molar-refractivity contribution in [3.8, 4) is 0 Å². The van der Waals surface area contributed by atoms with Crippen molar-refractivity contribution < 1.29 is 41.4 Å². The summed E-state index contributed by atoms with van der Waals surface area (Å²) in [4.78, 5) is 22.7. The van der Waals surface area contributed by atoms with E-state index in [9.17, 15) is 31.5 Å². The second kappa shape index (κ2) is 11.6. The van der Waals surface area contributed by atoms with Gasteiger partial charge in [-0.3, -0.25) is 4.72 Å². The summed E-state index contributed by atoms with van der Waals surface area (Å²) in [7, 11) is -2.03. The van der Waals surface area contributed by atoms with Gasteiger partial charge < -0.3 is 15.1 Å². The van der Waals surface area contributed by atoms with Gasteiger partial charge in [0, 0.05) is 19.3 Å². The van der Waals surface area contributed by atoms with Crippen LogP contribution < -0.4 is 9.62 Å². The molecule has 0 aromatic heterocycles. The van der Waals surface area contributed by atoms with Crippen molar-refractivity contribution in [2.24, 2.45) is 0 Å². The molecule has 3 aromatic rings. The van der Waals surface area contributed by atoms with E-state index >= 15 is 0 Å². The molecule has 36 heavy (non-hydrogen) atoms. The van der Waals surface area contributed by atoms with Gasteiger partial charge in [-0.1, -0.05) is 48.5 Å². The van der Waals surface area contributed by atoms with E-state index in [1.807, 2.05) is 35.2 Å². The monoisotopic (exact) mass is 524 g/mol. The molecule has 0 unspecified atom stereocenters. The Bertz CT molecular complexity index is 1330. The second-order valence-electron chi connectivity index (χ2n) is 7.55. The molecule has 3 rings (SSSR count). The van der Waals surface area contributed by atoms with Crippen molar-refractivity contribution in [1.82, 2.24) is 0 Å². The Morgan fingerprint density at radius 3 is 2.03 bits per heavy atom. The number of aryl methyl sites for hydroxylation is 1. The van der Waals surface area contributed by atoms with Crippen LogP contribution in [0, 0.1) is 6.92 Å². The van der Waals surface area contributed by atoms with Gasteiger partial charge in [0.15, 0.2) is 0 Å². The number of carboxylic acids is 2. The van der Waals surface area contributed by atoms with Crippen LogP contribution in [0.3, 0.4) is 0 Å². The number of rotatable bonds is 7. The number of carbonyl (C=O) groups is 2. The van der Waals surface area contributed by atoms with Crippen LogP contribution in [0.15, 0.2) is 77.7 Å². The summed E-state index contributed by atoms with van der Waals surface area (Å²) in [5, 5.41) is 16.8. The summed E-state index contributed by atoms with van der Waals surface area (Å²) < 4.78 is 59.6. The van der Waals surface area contributed by atoms with Crippen LogP contribution in [0.1, 0.15) is 21.5 Å². The highest BCUT2D eigenvalue weighted by Gasteiger charge is 2.38. The van der Waals surface area contributed by atoms with Gasteiger partial charge in [0.2, 0.25) is 0 Å². The van der Waals surface area contributed by atoms with Gasteiger partial charge in [0.1, 0.15) is 0 Å². The summed E-state index contributed by atoms with van der Waals surface area (Å²) in [5.41, 5.74) is 2.37. The third kappa shape index (κ3) is 7.73. The molecule has 3 aromatic carbocycles. The highest BCUT2D eigenvalue weighted by molar-refractivity contribution is 7.92. The number of sulfonamides is 1. The summed E-state index contributed by atoms with van der Waals surface area (Å²) in [6, 6.07) is 20.8. The molecule has 192 valence electrons. The number of nitrogens with one attached hydrogen (secondary N) is 1. The van der Waals surface area contributed by atoms with E-state index in [4.69, 9.17) is 9.90 Å². The number of benzene rings is 3. The first-order valence-electron chi connectivity index (χ1n) is 10.2. The average Bonchev–Trinajstić information content (AvgIpc) is 2.79. The summed E-state index contributed by atoms with van der Waals surface area (Å²) in [5.74, 6) is -3.88. The maximum absolute atomic E-state index is 12.7. The number of hydrogen-bond donors (Lipinski definition) is 3. The van der Waals surface area contributed by atoms with Gasteiger partial charge in [-0.15, -0.1) is 0 Å². The Kier molecular flexibility index (Phi) is 9.06. The minimum absolute atomic E-state index is 0.0217. The molecule has 12 heteroatoms. The lowest BCUT2D eigenvalue weighted by Gasteiger charge is -2.22. The first-order chi connectivity index (χ1) is 16.7. The number of halogens is 3. The standard InChI is InChI=1S/C22H22N2O4S.C2HF3O2/c1-16-8-6-7-11-21(16)29(27,28)23-18-12-13-20(19(14-18)22(25)26)24(2)15-17-9-4-3-5-10-17;3-2(4,5)1(6)7/h3-14,23H,15H2,1-2H3,(H,25,26);(H,6,7). The third-order valence-corrected chi connectivity index (χ3v) is 6.32. The first-order valence-corrected chi connectivity index (χ1v) is 11.7. The summed E-state index contributed by atoms with van der Waals surface area (Å²) in [6.07, 6.45) is -5.08. The van der Waals surface area contributed by atoms with E-state index in [1.54, 1.807) is 44.3 Å². The van der Waals surface area contributed by atoms with Crippen molar-refractivity contribution in [2.75, 3.05) is 16.7 Å². The number of carboxylic acid groups (broad SMARTS) is 2. The fraction of sp³-hybridized carbons (Fsp3) is 0.167. The topological polar surface area (TPSA) is 124 Å². The Hall–Kier alpha value is -4.06. The zero-order chi connectivity index (χ0) is 27.1. The molecule has 0 aliphatic heterocycles. The molecule has 0 aliphatic carbocycles. The smallest absolute Gasteiger partial charge is 0.478 e. The normalized spacial score (nSPS) is 11.1. The van der Waals surface area contributed by atoms with Crippen molar-refractivity contribution in [1.29, 1.82) is 0 Å². The Morgan fingerprint density at radius 2 is 1.50 bits per heavy atom. The van der Waals surface area contributed by atoms with Gasteiger partial charge in [-0.25, -0.2) is 18.0 Å². The Balaban J connectivity index is 0.000000572. The van der Waals surface area contributed by atoms with Crippen LogP contribution in [0.2, 0.25) is 0 Å². The fourth-order valence-electron chi connectivity index (χ4n) is 3.11. The summed E-state index contributed by atoms with van der Waals surface area (Å²) >= 11 is 0. The van der Waals surface area contributed by atoms with Gasteiger partial charge in [-0.05, 0) is 42.3 Å². The highest BCUT2D eigenvalue weighted by atomic mass is 32.2. The molecule has 0 aliphatic rings. The summed E-state index contributed by atoms with van der Waals surface area (Å²) in [6.45, 7) is 2.23. The van der Waals surface area contributed by atoms with Crippen molar-refractivity contribution in [3.63, 3.8) is 0 Å². The first kappa shape index (κ1) is 28.2. The van der Waals surface area contributed by atoms with Gasteiger partial charge in [0.05, 0.1) is 16.1 Å². The van der Waals surface area contributed by atoms with Crippen LogP contribution in [-0.4, -0.2) is 43.8 Å². The minimum Gasteiger partial charge on any atom is -0.478 e. The molecule has 8 nitrogen and oxygen atoms in total. The molecule has 0 radical (unpaired) electrons. The molecular weight excluding hydrogens is 501 g/mol. The molecule has 0 amide bonds. The zero-order valence-electron chi connectivity index (χ0n) is 19.2. The average molecular weight is 525 g/mol. The molecule has 0 saturated heterocycles. The van der Waals surface area contributed by atoms with E-state index in [0.717, 1.165) is 5.56 Å². The number of hydrogen-bond acceptors (Lipinski definition) is 5. The maximum Gasteiger partial charge on any atom is 0.490 e. The van der Waals surface area contributed by atoms with Crippen LogP contribution in [0.25, 0.3) is 0 Å². The predicted octanol–water partition coefficient (Wildman–Crippen LogP) is 4.76. The molecule has 0 saturated carbocycles. The molecular formula is C24H23F3N2O6S. The van der Waals surface area contributed by atoms with Crippen molar-refractivity contribution in [3.05, 3.63) is 89.5 Å². The van der Waals surface area contributed by atoms with Crippen molar-refractivity contribution in [2.45, 2.75) is 24.5 Å². The maximum atomic E-state index is 12.7. The quantitative estimate of drug-likeness (QED) is 0.407. The fourth-order valence-corrected chi connectivity index (χ4v) is 4.41. The Labute approximate surface area is 205 Å². The molecule has 0 heterocycles. The second-order valence-corrected chi connectivity index (χ2v) is 9.20. The number of aliphatic carboxylic acids is 1. The predicted molar refractivity (Wildman–Crippen MR) is 128 cm³/mol. The number of nitrogens with zero attached hydrogens (tertiary/aromatic N) is 1. The van der Waals surface area contributed by atoms with E-state index in [1.165, 1.54) is 12.1 Å². The minimum atomic E-state index is -5.08. The largest absolute Gasteiger partial charge is 0.490 e. The van der Waals surface area contributed by atoms with Crippen molar-refractivity contribution >= 4 is 33.3 Å². The lowest BCUT2D eigenvalue weighted by Crippen LogP contribution is -2.21. The number of anilines is 2. The van der Waals surface area contributed by atoms with Gasteiger partial charge in [0.25, 0.3) is 10.0 Å². The molecule has 0 fully saturated rings. The van der Waals surface area contributed by atoms with E-state index < -0.39 is 28.1 Å². The van der Waals surface area contributed by atoms with Gasteiger partial charge in [-0.2, -0.15) is 13.2 Å². The van der Waals surface area contributed by atoms with Gasteiger partial charge >= 0.3 is 18.1 Å². The lowest BCUT2D eigenvalue weighted by atomic mass is 10.1. The molecule has 3 N–H and O–H groups in total. The number of alkyl halides is 3.